The Balaban J connectivity index is 0.00000106. The fourth-order valence-corrected chi connectivity index (χ4v) is 1.83. The number of esters is 1. The Morgan fingerprint density at radius 2 is 1.38 bits per heavy atom. The fraction of sp³-hybridized carbons (Fsp3) is 0.278. The second-order valence-corrected chi connectivity index (χ2v) is 4.03. The summed E-state index contributed by atoms with van der Waals surface area (Å²) >= 11 is 0. The third-order valence-corrected chi connectivity index (χ3v) is 2.80. The Morgan fingerprint density at radius 3 is 1.81 bits per heavy atom. The minimum atomic E-state index is -0.321. The van der Waals surface area contributed by atoms with E-state index in [0.29, 0.717) is 12.2 Å². The van der Waals surface area contributed by atoms with Gasteiger partial charge in [-0.05, 0) is 42.3 Å². The Kier molecular flexibility index (Phi) is 7.02. The number of ether oxygens (including phenoxy) is 2. The second kappa shape index (κ2) is 8.80. The maximum atomic E-state index is 11.3. The van der Waals surface area contributed by atoms with Gasteiger partial charge in [0, 0.05) is 0 Å². The molecule has 2 aromatic rings. The van der Waals surface area contributed by atoms with Crippen molar-refractivity contribution in [1.29, 1.82) is 0 Å². The van der Waals surface area contributed by atoms with E-state index in [1.165, 1.54) is 7.11 Å². The summed E-state index contributed by atoms with van der Waals surface area (Å²) in [6.07, 6.45) is 0. The van der Waals surface area contributed by atoms with Crippen molar-refractivity contribution in [1.82, 2.24) is 0 Å². The van der Waals surface area contributed by atoms with Crippen LogP contribution in [0, 0.1) is 0 Å². The van der Waals surface area contributed by atoms with E-state index in [2.05, 4.69) is 4.74 Å². The molecule has 2 aromatic carbocycles. The second-order valence-electron chi connectivity index (χ2n) is 4.03. The van der Waals surface area contributed by atoms with E-state index in [1.807, 2.05) is 57.2 Å². The van der Waals surface area contributed by atoms with Gasteiger partial charge in [-0.3, -0.25) is 0 Å². The summed E-state index contributed by atoms with van der Waals surface area (Å²) in [6, 6.07) is 15.2. The first kappa shape index (κ1) is 16.8. The molecule has 0 aliphatic carbocycles. The van der Waals surface area contributed by atoms with Gasteiger partial charge in [-0.15, -0.1) is 0 Å². The summed E-state index contributed by atoms with van der Waals surface area (Å²) in [7, 11) is 1.38. The van der Waals surface area contributed by atoms with Gasteiger partial charge in [0.25, 0.3) is 0 Å². The first-order chi connectivity index (χ1) is 10.2. The monoisotopic (exact) mass is 286 g/mol. The molecule has 0 aliphatic rings. The molecule has 0 bridgehead atoms. The first-order valence-corrected chi connectivity index (χ1v) is 7.16. The van der Waals surface area contributed by atoms with Gasteiger partial charge in [-0.25, -0.2) is 4.79 Å². The summed E-state index contributed by atoms with van der Waals surface area (Å²) in [5.74, 6) is 0.538. The molecule has 0 aliphatic heterocycles. The van der Waals surface area contributed by atoms with Gasteiger partial charge in [0.05, 0.1) is 19.3 Å². The van der Waals surface area contributed by atoms with Crippen LogP contribution in [0.4, 0.5) is 0 Å². The predicted molar refractivity (Wildman–Crippen MR) is 85.7 cm³/mol. The van der Waals surface area contributed by atoms with Crippen molar-refractivity contribution in [3.63, 3.8) is 0 Å². The average Bonchev–Trinajstić information content (AvgIpc) is 2.57. The van der Waals surface area contributed by atoms with Crippen LogP contribution in [0.25, 0.3) is 11.1 Å². The summed E-state index contributed by atoms with van der Waals surface area (Å²) in [5.41, 5.74) is 2.69. The molecular formula is C18H22O3. The maximum absolute atomic E-state index is 11.3. The molecule has 0 fully saturated rings. The Hall–Kier alpha value is -2.29. The molecule has 0 spiro atoms. The molecule has 0 heterocycles. The van der Waals surface area contributed by atoms with Crippen LogP contribution < -0.4 is 4.74 Å². The van der Waals surface area contributed by atoms with E-state index in [-0.39, 0.29) is 5.97 Å². The van der Waals surface area contributed by atoms with Gasteiger partial charge >= 0.3 is 5.97 Å². The van der Waals surface area contributed by atoms with E-state index in [1.54, 1.807) is 12.1 Å². The van der Waals surface area contributed by atoms with Crippen LogP contribution in [0.2, 0.25) is 0 Å². The van der Waals surface area contributed by atoms with Crippen LogP contribution in [-0.4, -0.2) is 19.7 Å². The van der Waals surface area contributed by atoms with Gasteiger partial charge in [-0.1, -0.05) is 38.1 Å². The average molecular weight is 286 g/mol. The zero-order chi connectivity index (χ0) is 15.7. The van der Waals surface area contributed by atoms with Crippen LogP contribution in [0.1, 0.15) is 31.1 Å². The Labute approximate surface area is 126 Å². The molecule has 3 nitrogen and oxygen atoms in total. The Bertz CT molecular complexity index is 542. The number of hydrogen-bond donors (Lipinski definition) is 0. The Morgan fingerprint density at radius 1 is 0.905 bits per heavy atom. The van der Waals surface area contributed by atoms with Gasteiger partial charge in [-0.2, -0.15) is 0 Å². The highest BCUT2D eigenvalue weighted by Gasteiger charge is 2.05. The minimum Gasteiger partial charge on any atom is -0.494 e. The van der Waals surface area contributed by atoms with Crippen molar-refractivity contribution in [2.45, 2.75) is 20.8 Å². The number of carbonyl (C=O) groups excluding carboxylic acids is 1. The van der Waals surface area contributed by atoms with Crippen LogP contribution in [0.3, 0.4) is 0 Å². The minimum absolute atomic E-state index is 0.321. The zero-order valence-corrected chi connectivity index (χ0v) is 13.1. The van der Waals surface area contributed by atoms with Crippen LogP contribution >= 0.6 is 0 Å². The lowest BCUT2D eigenvalue weighted by Crippen LogP contribution is -2.00. The quantitative estimate of drug-likeness (QED) is 0.773. The number of carbonyl (C=O) groups is 1. The van der Waals surface area contributed by atoms with Crippen LogP contribution in [0.15, 0.2) is 48.5 Å². The smallest absolute Gasteiger partial charge is 0.337 e. The molecule has 21 heavy (non-hydrogen) atoms. The van der Waals surface area contributed by atoms with Crippen LogP contribution in [0.5, 0.6) is 5.75 Å². The normalized spacial score (nSPS) is 9.33. The van der Waals surface area contributed by atoms with Gasteiger partial charge in [0.15, 0.2) is 0 Å². The van der Waals surface area contributed by atoms with Crippen molar-refractivity contribution < 1.29 is 14.3 Å². The number of rotatable bonds is 4. The highest BCUT2D eigenvalue weighted by molar-refractivity contribution is 5.89. The molecular weight excluding hydrogens is 264 g/mol. The van der Waals surface area contributed by atoms with E-state index in [9.17, 15) is 4.79 Å². The van der Waals surface area contributed by atoms with Gasteiger partial charge in [0.2, 0.25) is 0 Å². The molecule has 0 amide bonds. The molecule has 0 saturated carbocycles. The van der Waals surface area contributed by atoms with Gasteiger partial charge in [0.1, 0.15) is 5.75 Å². The molecule has 0 atom stereocenters. The standard InChI is InChI=1S/C16H16O3.C2H6/c1-3-19-15-10-8-13(9-11-15)12-4-6-14(7-5-12)16(17)18-2;1-2/h4-11H,3H2,1-2H3;1-2H3. The lowest BCUT2D eigenvalue weighted by atomic mass is 10.0. The van der Waals surface area contributed by atoms with E-state index < -0.39 is 0 Å². The summed E-state index contributed by atoms with van der Waals surface area (Å²) in [5, 5.41) is 0. The summed E-state index contributed by atoms with van der Waals surface area (Å²) in [4.78, 5) is 11.3. The molecule has 3 heteroatoms. The molecule has 0 aromatic heterocycles. The molecule has 0 saturated heterocycles. The van der Waals surface area contributed by atoms with E-state index in [0.717, 1.165) is 16.9 Å². The van der Waals surface area contributed by atoms with Crippen molar-refractivity contribution in [3.8, 4) is 16.9 Å². The topological polar surface area (TPSA) is 35.5 Å². The predicted octanol–water partition coefficient (Wildman–Crippen LogP) is 4.57. The highest BCUT2D eigenvalue weighted by atomic mass is 16.5. The SMILES string of the molecule is CC.CCOc1ccc(-c2ccc(C(=O)OC)cc2)cc1. The van der Waals surface area contributed by atoms with Crippen molar-refractivity contribution >= 4 is 5.97 Å². The van der Waals surface area contributed by atoms with E-state index in [4.69, 9.17) is 4.74 Å². The lowest BCUT2D eigenvalue weighted by Gasteiger charge is -2.06. The molecule has 0 unspecified atom stereocenters. The highest BCUT2D eigenvalue weighted by Crippen LogP contribution is 2.23. The summed E-state index contributed by atoms with van der Waals surface area (Å²) < 4.78 is 10.1. The number of benzene rings is 2. The molecule has 112 valence electrons. The van der Waals surface area contributed by atoms with Crippen molar-refractivity contribution in [3.05, 3.63) is 54.1 Å². The lowest BCUT2D eigenvalue weighted by molar-refractivity contribution is 0.0601. The van der Waals surface area contributed by atoms with Gasteiger partial charge < -0.3 is 9.47 Å². The molecule has 0 radical (unpaired) electrons. The summed E-state index contributed by atoms with van der Waals surface area (Å²) in [6.45, 7) is 6.62. The van der Waals surface area contributed by atoms with Crippen molar-refractivity contribution in [2.75, 3.05) is 13.7 Å². The zero-order valence-electron chi connectivity index (χ0n) is 13.1. The molecule has 0 N–H and O–H groups in total. The largest absolute Gasteiger partial charge is 0.494 e. The molecule has 2 rings (SSSR count). The third kappa shape index (κ3) is 4.63. The fourth-order valence-electron chi connectivity index (χ4n) is 1.83. The first-order valence-electron chi connectivity index (χ1n) is 7.16. The van der Waals surface area contributed by atoms with Crippen LogP contribution in [-0.2, 0) is 4.74 Å². The van der Waals surface area contributed by atoms with E-state index >= 15 is 0 Å². The maximum Gasteiger partial charge on any atom is 0.337 e. The number of hydrogen-bond acceptors (Lipinski definition) is 3. The van der Waals surface area contributed by atoms with Crippen molar-refractivity contribution in [2.24, 2.45) is 0 Å². The third-order valence-electron chi connectivity index (χ3n) is 2.80. The number of methoxy groups -OCH3 is 1.